The van der Waals surface area contributed by atoms with Crippen LogP contribution in [0, 0.1) is 0 Å². The zero-order chi connectivity index (χ0) is 24.2. The second-order valence-electron chi connectivity index (χ2n) is 8.84. The number of unbranched alkanes of at least 4 members (excludes halogenated alkanes) is 1. The molecule has 0 fully saturated rings. The number of methoxy groups -OCH3 is 1. The number of phenolic OH excluding ortho intramolecular Hbond substituents is 1. The summed E-state index contributed by atoms with van der Waals surface area (Å²) in [5, 5.41) is 13.5. The second-order valence-corrected chi connectivity index (χ2v) is 8.84. The van der Waals surface area contributed by atoms with E-state index >= 15 is 0 Å². The second kappa shape index (κ2) is 10.2. The fourth-order valence-corrected chi connectivity index (χ4v) is 4.96. The summed E-state index contributed by atoms with van der Waals surface area (Å²) >= 11 is 0. The van der Waals surface area contributed by atoms with Gasteiger partial charge in [-0.1, -0.05) is 43.7 Å². The standard InChI is InChI=1S/C28H31NO5/c1-4-5-13-34-28(32)25-17(2)29-22-15-19(21-11-6-7-12-24(21)33-3)16-23(31)27(22)26(25)18-9-8-10-20(30)14-18/h6-12,14,19,26,29-30H,4-5,13,15-16H2,1-3H3/t19-,26-/m1/s1. The normalized spacial score (nSPS) is 20.0. The van der Waals surface area contributed by atoms with Crippen LogP contribution in [0.5, 0.6) is 11.5 Å². The monoisotopic (exact) mass is 461 g/mol. The largest absolute Gasteiger partial charge is 0.508 e. The molecule has 0 saturated heterocycles. The van der Waals surface area contributed by atoms with Crippen molar-refractivity contribution in [3.63, 3.8) is 0 Å². The lowest BCUT2D eigenvalue weighted by Crippen LogP contribution is -2.36. The molecule has 6 heteroatoms. The molecule has 0 radical (unpaired) electrons. The molecule has 2 N–H and O–H groups in total. The summed E-state index contributed by atoms with van der Waals surface area (Å²) < 4.78 is 11.1. The van der Waals surface area contributed by atoms with Gasteiger partial charge in [0.1, 0.15) is 11.5 Å². The van der Waals surface area contributed by atoms with Gasteiger partial charge in [-0.3, -0.25) is 4.79 Å². The molecule has 0 aromatic heterocycles. The number of phenols is 1. The average Bonchev–Trinajstić information content (AvgIpc) is 2.83. The van der Waals surface area contributed by atoms with Crippen molar-refractivity contribution in [3.8, 4) is 11.5 Å². The first-order valence-corrected chi connectivity index (χ1v) is 11.8. The van der Waals surface area contributed by atoms with Gasteiger partial charge in [-0.25, -0.2) is 4.79 Å². The summed E-state index contributed by atoms with van der Waals surface area (Å²) in [7, 11) is 1.63. The van der Waals surface area contributed by atoms with Gasteiger partial charge in [0.05, 0.1) is 19.3 Å². The van der Waals surface area contributed by atoms with Crippen LogP contribution in [0.1, 0.15) is 62.5 Å². The first-order valence-electron chi connectivity index (χ1n) is 11.8. The molecule has 34 heavy (non-hydrogen) atoms. The molecule has 1 aliphatic heterocycles. The molecule has 2 atom stereocenters. The molecule has 178 valence electrons. The van der Waals surface area contributed by atoms with E-state index in [1.165, 1.54) is 0 Å². The van der Waals surface area contributed by atoms with Crippen molar-refractivity contribution >= 4 is 11.8 Å². The number of carbonyl (C=O) groups excluding carboxylic acids is 2. The highest BCUT2D eigenvalue weighted by Crippen LogP contribution is 2.47. The first kappa shape index (κ1) is 23.6. The number of Topliss-reactive ketones (excluding diaryl/α,β-unsaturated/α-hetero) is 1. The molecule has 0 amide bonds. The summed E-state index contributed by atoms with van der Waals surface area (Å²) in [5.74, 6) is -0.238. The zero-order valence-electron chi connectivity index (χ0n) is 19.9. The summed E-state index contributed by atoms with van der Waals surface area (Å²) in [5.41, 5.74) is 4.16. The van der Waals surface area contributed by atoms with Gasteiger partial charge in [0.15, 0.2) is 5.78 Å². The smallest absolute Gasteiger partial charge is 0.336 e. The fraction of sp³-hybridized carbons (Fsp3) is 0.357. The molecule has 0 saturated carbocycles. The Morgan fingerprint density at radius 1 is 1.15 bits per heavy atom. The predicted octanol–water partition coefficient (Wildman–Crippen LogP) is 5.11. The van der Waals surface area contributed by atoms with E-state index in [2.05, 4.69) is 5.32 Å². The molecule has 4 rings (SSSR count). The summed E-state index contributed by atoms with van der Waals surface area (Å²) in [6, 6.07) is 14.5. The van der Waals surface area contributed by atoms with Crippen molar-refractivity contribution in [1.29, 1.82) is 0 Å². The van der Waals surface area contributed by atoms with Crippen molar-refractivity contribution in [2.24, 2.45) is 0 Å². The lowest BCUT2D eigenvalue weighted by atomic mass is 9.71. The van der Waals surface area contributed by atoms with Crippen LogP contribution < -0.4 is 10.1 Å². The summed E-state index contributed by atoms with van der Waals surface area (Å²) in [4.78, 5) is 26.8. The highest BCUT2D eigenvalue weighted by atomic mass is 16.5. The fourth-order valence-electron chi connectivity index (χ4n) is 4.96. The lowest BCUT2D eigenvalue weighted by molar-refractivity contribution is -0.139. The Morgan fingerprint density at radius 3 is 2.68 bits per heavy atom. The van der Waals surface area contributed by atoms with Crippen LogP contribution >= 0.6 is 0 Å². The first-order chi connectivity index (χ1) is 16.4. The van der Waals surface area contributed by atoms with Crippen molar-refractivity contribution in [3.05, 3.63) is 82.2 Å². The zero-order valence-corrected chi connectivity index (χ0v) is 19.9. The van der Waals surface area contributed by atoms with Crippen LogP contribution in [-0.2, 0) is 14.3 Å². The predicted molar refractivity (Wildman–Crippen MR) is 130 cm³/mol. The van der Waals surface area contributed by atoms with Gasteiger partial charge in [0, 0.05) is 35.2 Å². The van der Waals surface area contributed by atoms with Gasteiger partial charge in [-0.05, 0) is 49.1 Å². The van der Waals surface area contributed by atoms with E-state index in [0.29, 0.717) is 41.9 Å². The number of allylic oxidation sites excluding steroid dienone is 3. The van der Waals surface area contributed by atoms with E-state index in [4.69, 9.17) is 9.47 Å². The Kier molecular flexibility index (Phi) is 7.06. The van der Waals surface area contributed by atoms with Crippen molar-refractivity contribution < 1.29 is 24.2 Å². The Morgan fingerprint density at radius 2 is 1.94 bits per heavy atom. The van der Waals surface area contributed by atoms with Gasteiger partial charge in [0.25, 0.3) is 0 Å². The van der Waals surface area contributed by atoms with E-state index in [0.717, 1.165) is 29.9 Å². The van der Waals surface area contributed by atoms with Crippen LogP contribution in [-0.4, -0.2) is 30.6 Å². The average molecular weight is 462 g/mol. The molecule has 0 unspecified atom stereocenters. The Balaban J connectivity index is 1.76. The van der Waals surface area contributed by atoms with E-state index in [1.807, 2.05) is 44.2 Å². The van der Waals surface area contributed by atoms with Crippen molar-refractivity contribution in [2.75, 3.05) is 13.7 Å². The third-order valence-electron chi connectivity index (χ3n) is 6.56. The Labute approximate surface area is 200 Å². The Bertz CT molecular complexity index is 1160. The Hall–Kier alpha value is -3.54. The minimum Gasteiger partial charge on any atom is -0.508 e. The summed E-state index contributed by atoms with van der Waals surface area (Å²) in [6.45, 7) is 4.20. The van der Waals surface area contributed by atoms with E-state index < -0.39 is 11.9 Å². The summed E-state index contributed by atoms with van der Waals surface area (Å²) in [6.07, 6.45) is 2.62. The minimum atomic E-state index is -0.594. The number of para-hydroxylation sites is 1. The van der Waals surface area contributed by atoms with Crippen LogP contribution in [0.2, 0.25) is 0 Å². The highest BCUT2D eigenvalue weighted by molar-refractivity contribution is 6.04. The number of rotatable bonds is 7. The maximum Gasteiger partial charge on any atom is 0.336 e. The molecule has 2 aromatic carbocycles. The van der Waals surface area contributed by atoms with Crippen LogP contribution in [0.15, 0.2) is 71.1 Å². The maximum absolute atomic E-state index is 13.6. The minimum absolute atomic E-state index is 0.0237. The molecule has 2 aromatic rings. The number of benzene rings is 2. The number of hydrogen-bond donors (Lipinski definition) is 2. The quantitative estimate of drug-likeness (QED) is 0.441. The number of ketones is 1. The molecule has 2 aliphatic rings. The molecular formula is C28H31NO5. The van der Waals surface area contributed by atoms with Gasteiger partial charge in [-0.2, -0.15) is 0 Å². The number of aromatic hydroxyl groups is 1. The van der Waals surface area contributed by atoms with Crippen LogP contribution in [0.25, 0.3) is 0 Å². The van der Waals surface area contributed by atoms with Crippen LogP contribution in [0.4, 0.5) is 0 Å². The lowest BCUT2D eigenvalue weighted by Gasteiger charge is -2.37. The number of carbonyl (C=O) groups is 2. The van der Waals surface area contributed by atoms with Crippen molar-refractivity contribution in [2.45, 2.75) is 51.4 Å². The molecular weight excluding hydrogens is 430 g/mol. The SMILES string of the molecule is CCCCOC(=O)C1=C(C)NC2=C(C(=O)C[C@H](c3ccccc3OC)C2)[C@@H]1c1cccc(O)c1. The van der Waals surface area contributed by atoms with Crippen LogP contribution in [0.3, 0.4) is 0 Å². The maximum atomic E-state index is 13.6. The number of ether oxygens (including phenoxy) is 2. The van der Waals surface area contributed by atoms with E-state index in [-0.39, 0.29) is 17.5 Å². The number of dihydropyridines is 1. The third-order valence-corrected chi connectivity index (χ3v) is 6.56. The van der Waals surface area contributed by atoms with Gasteiger partial charge < -0.3 is 19.9 Å². The van der Waals surface area contributed by atoms with Gasteiger partial charge >= 0.3 is 5.97 Å². The molecule has 1 heterocycles. The number of esters is 1. The van der Waals surface area contributed by atoms with E-state index in [9.17, 15) is 14.7 Å². The third kappa shape index (κ3) is 4.58. The van der Waals surface area contributed by atoms with Gasteiger partial charge in [0.2, 0.25) is 0 Å². The highest BCUT2D eigenvalue weighted by Gasteiger charge is 2.41. The van der Waals surface area contributed by atoms with Gasteiger partial charge in [-0.15, -0.1) is 0 Å². The molecule has 0 spiro atoms. The van der Waals surface area contributed by atoms with E-state index in [1.54, 1.807) is 25.3 Å². The number of hydrogen-bond acceptors (Lipinski definition) is 6. The van der Waals surface area contributed by atoms with Crippen molar-refractivity contribution in [1.82, 2.24) is 5.32 Å². The topological polar surface area (TPSA) is 84.9 Å². The molecule has 0 bridgehead atoms. The number of nitrogens with one attached hydrogen (secondary N) is 1. The molecule has 1 aliphatic carbocycles. The molecule has 6 nitrogen and oxygen atoms in total.